The summed E-state index contributed by atoms with van der Waals surface area (Å²) in [5.41, 5.74) is 6.24. The first-order valence-electron chi connectivity index (χ1n) is 7.89. The molecule has 0 heterocycles. The SMILES string of the molecule is N#CC1=C(N)C(C#N)(C#N)[C@H](c2cccc(Cl)c2Cl)[C@@H]2CCCC=C12. The van der Waals surface area contributed by atoms with Gasteiger partial charge >= 0.3 is 0 Å². The second-order valence-corrected chi connectivity index (χ2v) is 7.03. The van der Waals surface area contributed by atoms with Crippen LogP contribution in [0.5, 0.6) is 0 Å². The minimum absolute atomic E-state index is 0.00504. The largest absolute Gasteiger partial charge is 0.399 e. The number of fused-ring (bicyclic) bond motifs is 1. The van der Waals surface area contributed by atoms with Crippen molar-refractivity contribution in [3.63, 3.8) is 0 Å². The van der Waals surface area contributed by atoms with Crippen molar-refractivity contribution in [2.75, 3.05) is 0 Å². The van der Waals surface area contributed by atoms with Gasteiger partial charge in [-0.25, -0.2) is 0 Å². The monoisotopic (exact) mass is 368 g/mol. The number of hydrogen-bond donors (Lipinski definition) is 1. The Bertz CT molecular complexity index is 910. The van der Waals surface area contributed by atoms with Crippen LogP contribution in [0.25, 0.3) is 0 Å². The molecule has 0 aromatic heterocycles. The molecular weight excluding hydrogens is 355 g/mol. The van der Waals surface area contributed by atoms with Crippen molar-refractivity contribution in [3.05, 3.63) is 56.7 Å². The Morgan fingerprint density at radius 1 is 1.16 bits per heavy atom. The highest BCUT2D eigenvalue weighted by atomic mass is 35.5. The molecule has 0 aliphatic heterocycles. The topological polar surface area (TPSA) is 97.4 Å². The Morgan fingerprint density at radius 2 is 1.88 bits per heavy atom. The fourth-order valence-electron chi connectivity index (χ4n) is 3.98. The standard InChI is InChI=1S/C19H14Cl2N4/c20-15-7-3-6-13(17(15)21)16-12-5-2-1-4-11(12)14(8-22)18(25)19(16,9-23)10-24/h3-4,6-7,12,16H,1-2,5,25H2/t12-,16+/m1/s1. The lowest BCUT2D eigenvalue weighted by molar-refractivity contribution is 0.317. The summed E-state index contributed by atoms with van der Waals surface area (Å²) in [7, 11) is 0. The van der Waals surface area contributed by atoms with Gasteiger partial charge in [-0.2, -0.15) is 15.8 Å². The summed E-state index contributed by atoms with van der Waals surface area (Å²) < 4.78 is 0. The van der Waals surface area contributed by atoms with Crippen molar-refractivity contribution in [2.45, 2.75) is 25.2 Å². The lowest BCUT2D eigenvalue weighted by Crippen LogP contribution is -2.42. The summed E-state index contributed by atoms with van der Waals surface area (Å²) in [5, 5.41) is 30.1. The molecule has 2 N–H and O–H groups in total. The summed E-state index contributed by atoms with van der Waals surface area (Å²) in [6, 6.07) is 11.5. The van der Waals surface area contributed by atoms with Crippen LogP contribution in [0.4, 0.5) is 0 Å². The first-order valence-corrected chi connectivity index (χ1v) is 8.64. The van der Waals surface area contributed by atoms with Gasteiger partial charge in [0.1, 0.15) is 6.07 Å². The van der Waals surface area contributed by atoms with E-state index in [4.69, 9.17) is 28.9 Å². The molecule has 2 aliphatic carbocycles. The molecule has 0 radical (unpaired) electrons. The number of halogens is 2. The first kappa shape index (κ1) is 17.4. The van der Waals surface area contributed by atoms with E-state index in [0.29, 0.717) is 15.6 Å². The third-order valence-corrected chi connectivity index (χ3v) is 5.95. The highest BCUT2D eigenvalue weighted by molar-refractivity contribution is 6.42. The van der Waals surface area contributed by atoms with E-state index in [2.05, 4.69) is 18.2 Å². The van der Waals surface area contributed by atoms with Crippen LogP contribution in [0.1, 0.15) is 30.7 Å². The third kappa shape index (κ3) is 2.40. The van der Waals surface area contributed by atoms with Crippen molar-refractivity contribution in [1.29, 1.82) is 15.8 Å². The quantitative estimate of drug-likeness (QED) is 0.783. The van der Waals surface area contributed by atoms with Gasteiger partial charge in [-0.05, 0) is 42.4 Å². The fourth-order valence-corrected chi connectivity index (χ4v) is 4.40. The van der Waals surface area contributed by atoms with Crippen LogP contribution in [-0.2, 0) is 0 Å². The van der Waals surface area contributed by atoms with Gasteiger partial charge in [0.15, 0.2) is 5.41 Å². The van der Waals surface area contributed by atoms with Crippen molar-refractivity contribution in [3.8, 4) is 18.2 Å². The smallest absolute Gasteiger partial charge is 0.191 e. The summed E-state index contributed by atoms with van der Waals surface area (Å²) in [4.78, 5) is 0. The summed E-state index contributed by atoms with van der Waals surface area (Å²) in [6.07, 6.45) is 4.49. The van der Waals surface area contributed by atoms with E-state index in [1.807, 2.05) is 6.08 Å². The molecule has 0 saturated carbocycles. The van der Waals surface area contributed by atoms with Crippen LogP contribution < -0.4 is 5.73 Å². The van der Waals surface area contributed by atoms with E-state index in [1.54, 1.807) is 18.2 Å². The molecule has 4 nitrogen and oxygen atoms in total. The maximum Gasteiger partial charge on any atom is 0.191 e. The van der Waals surface area contributed by atoms with Crippen LogP contribution in [0.2, 0.25) is 10.0 Å². The summed E-state index contributed by atoms with van der Waals surface area (Å²) >= 11 is 12.6. The Hall–Kier alpha value is -2.45. The molecule has 0 unspecified atom stereocenters. The van der Waals surface area contributed by atoms with Crippen molar-refractivity contribution in [2.24, 2.45) is 17.1 Å². The average Bonchev–Trinajstić information content (AvgIpc) is 2.64. The number of nitrogens with zero attached hydrogens (tertiary/aromatic N) is 3. The molecule has 25 heavy (non-hydrogen) atoms. The molecule has 1 aromatic rings. The molecular formula is C19H14Cl2N4. The fraction of sp³-hybridized carbons (Fsp3) is 0.316. The Morgan fingerprint density at radius 3 is 2.52 bits per heavy atom. The maximum atomic E-state index is 9.92. The number of allylic oxidation sites excluding steroid dienone is 4. The Kier molecular flexibility index (Phi) is 4.49. The maximum absolute atomic E-state index is 9.92. The summed E-state index contributed by atoms with van der Waals surface area (Å²) in [5.74, 6) is -0.747. The van der Waals surface area contributed by atoms with Gasteiger partial charge in [-0.15, -0.1) is 0 Å². The van der Waals surface area contributed by atoms with Gasteiger partial charge in [-0.1, -0.05) is 41.4 Å². The van der Waals surface area contributed by atoms with E-state index in [0.717, 1.165) is 24.8 Å². The highest BCUT2D eigenvalue weighted by Crippen LogP contribution is 2.57. The number of nitrogens with two attached hydrogens (primary N) is 1. The van der Waals surface area contributed by atoms with E-state index in [-0.39, 0.29) is 17.2 Å². The zero-order valence-corrected chi connectivity index (χ0v) is 14.8. The first-order chi connectivity index (χ1) is 12.0. The minimum atomic E-state index is -1.65. The van der Waals surface area contributed by atoms with Gasteiger partial charge in [0.25, 0.3) is 0 Å². The van der Waals surface area contributed by atoms with Crippen molar-refractivity contribution < 1.29 is 0 Å². The van der Waals surface area contributed by atoms with E-state index in [9.17, 15) is 15.8 Å². The molecule has 1 aromatic carbocycles. The Balaban J connectivity index is 2.38. The van der Waals surface area contributed by atoms with E-state index >= 15 is 0 Å². The van der Waals surface area contributed by atoms with Crippen LogP contribution in [0.3, 0.4) is 0 Å². The second-order valence-electron chi connectivity index (χ2n) is 6.25. The lowest BCUT2D eigenvalue weighted by atomic mass is 9.57. The zero-order chi connectivity index (χ0) is 18.2. The number of benzene rings is 1. The molecule has 3 rings (SSSR count). The molecule has 0 saturated heterocycles. The molecule has 0 fully saturated rings. The van der Waals surface area contributed by atoms with Crippen LogP contribution in [-0.4, -0.2) is 0 Å². The molecule has 0 amide bonds. The number of rotatable bonds is 1. The normalized spacial score (nSPS) is 24.4. The van der Waals surface area contributed by atoms with E-state index in [1.165, 1.54) is 0 Å². The second kappa shape index (κ2) is 6.45. The van der Waals surface area contributed by atoms with E-state index < -0.39 is 11.3 Å². The predicted molar refractivity (Wildman–Crippen MR) is 95.1 cm³/mol. The van der Waals surface area contributed by atoms with Crippen molar-refractivity contribution in [1.82, 2.24) is 0 Å². The Labute approximate surface area is 156 Å². The minimum Gasteiger partial charge on any atom is -0.399 e. The van der Waals surface area contributed by atoms with Gasteiger partial charge in [0.05, 0.1) is 33.5 Å². The van der Waals surface area contributed by atoms with Crippen molar-refractivity contribution >= 4 is 23.2 Å². The molecule has 0 bridgehead atoms. The van der Waals surface area contributed by atoms with Crippen LogP contribution in [0.15, 0.2) is 41.1 Å². The highest BCUT2D eigenvalue weighted by Gasteiger charge is 2.54. The third-order valence-electron chi connectivity index (χ3n) is 5.12. The number of hydrogen-bond acceptors (Lipinski definition) is 4. The van der Waals surface area contributed by atoms with Gasteiger partial charge < -0.3 is 5.73 Å². The van der Waals surface area contributed by atoms with Gasteiger partial charge in [-0.3, -0.25) is 0 Å². The summed E-state index contributed by atoms with van der Waals surface area (Å²) in [6.45, 7) is 0. The zero-order valence-electron chi connectivity index (χ0n) is 13.3. The van der Waals surface area contributed by atoms with Gasteiger partial charge in [0, 0.05) is 5.92 Å². The lowest BCUT2D eigenvalue weighted by Gasteiger charge is -2.43. The molecule has 0 spiro atoms. The number of nitriles is 3. The van der Waals surface area contributed by atoms with Gasteiger partial charge in [0.2, 0.25) is 0 Å². The van der Waals surface area contributed by atoms with Crippen LogP contribution >= 0.6 is 23.2 Å². The molecule has 2 aliphatic rings. The molecule has 6 heteroatoms. The molecule has 2 atom stereocenters. The molecule has 124 valence electrons. The predicted octanol–water partition coefficient (Wildman–Crippen LogP) is 4.59. The van der Waals surface area contributed by atoms with Crippen LogP contribution in [0, 0.1) is 45.3 Å². The average molecular weight is 369 g/mol.